The third-order valence-corrected chi connectivity index (χ3v) is 5.76. The SMILES string of the molecule is O=C(NCCN1CCC(Oc2ccc(Cl)c(Cl)c2)CC1)c1cccc(Br)c1. The minimum atomic E-state index is -0.0471. The van der Waals surface area contributed by atoms with Crippen molar-refractivity contribution < 1.29 is 9.53 Å². The Labute approximate surface area is 177 Å². The topological polar surface area (TPSA) is 41.6 Å². The number of carbonyl (C=O) groups excluding carboxylic acids is 1. The number of nitrogens with one attached hydrogen (secondary N) is 1. The van der Waals surface area contributed by atoms with Crippen LogP contribution in [0.15, 0.2) is 46.9 Å². The second-order valence-corrected chi connectivity index (χ2v) is 8.23. The molecule has 1 amide bonds. The van der Waals surface area contributed by atoms with Gasteiger partial charge in [-0.05, 0) is 43.2 Å². The lowest BCUT2D eigenvalue weighted by Crippen LogP contribution is -2.42. The highest BCUT2D eigenvalue weighted by molar-refractivity contribution is 9.10. The van der Waals surface area contributed by atoms with E-state index in [0.29, 0.717) is 22.2 Å². The maximum Gasteiger partial charge on any atom is 0.251 e. The van der Waals surface area contributed by atoms with Gasteiger partial charge in [-0.3, -0.25) is 4.79 Å². The smallest absolute Gasteiger partial charge is 0.251 e. The van der Waals surface area contributed by atoms with E-state index in [-0.39, 0.29) is 12.0 Å². The average molecular weight is 472 g/mol. The fourth-order valence-electron chi connectivity index (χ4n) is 3.05. The first kappa shape index (κ1) is 20.5. The third-order valence-electron chi connectivity index (χ3n) is 4.53. The molecule has 0 radical (unpaired) electrons. The highest BCUT2D eigenvalue weighted by atomic mass is 79.9. The van der Waals surface area contributed by atoms with Crippen molar-refractivity contribution in [2.75, 3.05) is 26.2 Å². The van der Waals surface area contributed by atoms with Gasteiger partial charge in [0.1, 0.15) is 11.9 Å². The number of rotatable bonds is 6. The Hall–Kier alpha value is -1.27. The third kappa shape index (κ3) is 6.11. The van der Waals surface area contributed by atoms with Crippen LogP contribution in [-0.2, 0) is 0 Å². The Balaban J connectivity index is 1.38. The van der Waals surface area contributed by atoms with Crippen molar-refractivity contribution in [1.29, 1.82) is 0 Å². The van der Waals surface area contributed by atoms with Gasteiger partial charge in [0.15, 0.2) is 0 Å². The van der Waals surface area contributed by atoms with Crippen LogP contribution < -0.4 is 10.1 Å². The Bertz CT molecular complexity index is 795. The fourth-order valence-corrected chi connectivity index (χ4v) is 3.74. The monoisotopic (exact) mass is 470 g/mol. The number of likely N-dealkylation sites (tertiary alicyclic amines) is 1. The van der Waals surface area contributed by atoms with E-state index < -0.39 is 0 Å². The highest BCUT2D eigenvalue weighted by Gasteiger charge is 2.20. The maximum atomic E-state index is 12.2. The summed E-state index contributed by atoms with van der Waals surface area (Å²) in [4.78, 5) is 14.5. The summed E-state index contributed by atoms with van der Waals surface area (Å²) >= 11 is 15.4. The van der Waals surface area contributed by atoms with E-state index >= 15 is 0 Å². The molecule has 1 saturated heterocycles. The minimum absolute atomic E-state index is 0.0471. The van der Waals surface area contributed by atoms with Crippen LogP contribution in [0.5, 0.6) is 5.75 Å². The Kier molecular flexibility index (Phi) is 7.41. The normalized spacial score (nSPS) is 15.5. The summed E-state index contributed by atoms with van der Waals surface area (Å²) in [7, 11) is 0. The number of hydrogen-bond acceptors (Lipinski definition) is 3. The summed E-state index contributed by atoms with van der Waals surface area (Å²) in [5, 5.41) is 4.01. The number of hydrogen-bond donors (Lipinski definition) is 1. The molecule has 3 rings (SSSR count). The zero-order valence-electron chi connectivity index (χ0n) is 14.8. The molecule has 0 unspecified atom stereocenters. The molecule has 144 valence electrons. The molecule has 0 atom stereocenters. The predicted molar refractivity (Wildman–Crippen MR) is 113 cm³/mol. The molecule has 0 spiro atoms. The number of ether oxygens (including phenoxy) is 1. The molecule has 4 nitrogen and oxygen atoms in total. The van der Waals surface area contributed by atoms with E-state index in [1.54, 1.807) is 12.1 Å². The van der Waals surface area contributed by atoms with Crippen molar-refractivity contribution in [2.24, 2.45) is 0 Å². The molecule has 0 saturated carbocycles. The lowest BCUT2D eigenvalue weighted by atomic mass is 10.1. The summed E-state index contributed by atoms with van der Waals surface area (Å²) < 4.78 is 6.91. The molecular weight excluding hydrogens is 451 g/mol. The van der Waals surface area contributed by atoms with Crippen LogP contribution in [0.1, 0.15) is 23.2 Å². The first-order valence-electron chi connectivity index (χ1n) is 8.89. The summed E-state index contributed by atoms with van der Waals surface area (Å²) in [5.41, 5.74) is 0.665. The number of halogens is 3. The van der Waals surface area contributed by atoms with Crippen molar-refractivity contribution in [3.63, 3.8) is 0 Å². The van der Waals surface area contributed by atoms with E-state index in [1.807, 2.05) is 30.3 Å². The molecule has 1 heterocycles. The molecule has 1 N–H and O–H groups in total. The van der Waals surface area contributed by atoms with Gasteiger partial charge in [-0.2, -0.15) is 0 Å². The standard InChI is InChI=1S/C20H21BrCl2N2O2/c21-15-3-1-2-14(12-15)20(26)24-8-11-25-9-6-16(7-10-25)27-17-4-5-18(22)19(23)13-17/h1-5,12-13,16H,6-11H2,(H,24,26). The molecule has 27 heavy (non-hydrogen) atoms. The van der Waals surface area contributed by atoms with Gasteiger partial charge in [0.25, 0.3) is 5.91 Å². The lowest BCUT2D eigenvalue weighted by molar-refractivity contribution is 0.0905. The Morgan fingerprint density at radius 2 is 1.93 bits per heavy atom. The van der Waals surface area contributed by atoms with Crippen LogP contribution in [0, 0.1) is 0 Å². The summed E-state index contributed by atoms with van der Waals surface area (Å²) in [5.74, 6) is 0.707. The van der Waals surface area contributed by atoms with Gasteiger partial charge < -0.3 is 15.0 Å². The zero-order chi connectivity index (χ0) is 19.2. The number of carbonyl (C=O) groups is 1. The fraction of sp³-hybridized carbons (Fsp3) is 0.350. The van der Waals surface area contributed by atoms with Crippen molar-refractivity contribution in [3.8, 4) is 5.75 Å². The molecule has 1 fully saturated rings. The van der Waals surface area contributed by atoms with Gasteiger partial charge in [-0.1, -0.05) is 45.2 Å². The number of piperidine rings is 1. The van der Waals surface area contributed by atoms with Gasteiger partial charge >= 0.3 is 0 Å². The van der Waals surface area contributed by atoms with Crippen LogP contribution in [0.3, 0.4) is 0 Å². The first-order valence-corrected chi connectivity index (χ1v) is 10.4. The van der Waals surface area contributed by atoms with Crippen LogP contribution in [0.4, 0.5) is 0 Å². The van der Waals surface area contributed by atoms with E-state index in [1.165, 1.54) is 0 Å². The van der Waals surface area contributed by atoms with E-state index in [9.17, 15) is 4.79 Å². The van der Waals surface area contributed by atoms with Crippen molar-refractivity contribution in [1.82, 2.24) is 10.2 Å². The van der Waals surface area contributed by atoms with Crippen molar-refractivity contribution in [3.05, 3.63) is 62.5 Å². The van der Waals surface area contributed by atoms with Crippen molar-refractivity contribution in [2.45, 2.75) is 18.9 Å². The van der Waals surface area contributed by atoms with E-state index in [2.05, 4.69) is 26.1 Å². The lowest BCUT2D eigenvalue weighted by Gasteiger charge is -2.32. The molecule has 0 aromatic heterocycles. The zero-order valence-corrected chi connectivity index (χ0v) is 17.9. The van der Waals surface area contributed by atoms with Crippen LogP contribution >= 0.6 is 39.1 Å². The number of nitrogens with zero attached hydrogens (tertiary/aromatic N) is 1. The van der Waals surface area contributed by atoms with Gasteiger partial charge in [0, 0.05) is 42.3 Å². The second-order valence-electron chi connectivity index (χ2n) is 6.50. The number of amides is 1. The van der Waals surface area contributed by atoms with E-state index in [0.717, 1.165) is 42.7 Å². The van der Waals surface area contributed by atoms with Gasteiger partial charge in [-0.25, -0.2) is 0 Å². The molecule has 0 bridgehead atoms. The van der Waals surface area contributed by atoms with Gasteiger partial charge in [0.05, 0.1) is 10.0 Å². The maximum absolute atomic E-state index is 12.2. The summed E-state index contributed by atoms with van der Waals surface area (Å²) in [6.45, 7) is 3.35. The first-order chi connectivity index (χ1) is 13.0. The van der Waals surface area contributed by atoms with Crippen molar-refractivity contribution >= 4 is 45.0 Å². The summed E-state index contributed by atoms with van der Waals surface area (Å²) in [6, 6.07) is 12.7. The van der Waals surface area contributed by atoms with Gasteiger partial charge in [-0.15, -0.1) is 0 Å². The van der Waals surface area contributed by atoms with Crippen LogP contribution in [0.2, 0.25) is 10.0 Å². The van der Waals surface area contributed by atoms with Gasteiger partial charge in [0.2, 0.25) is 0 Å². The number of benzene rings is 2. The summed E-state index contributed by atoms with van der Waals surface area (Å²) in [6.07, 6.45) is 2.06. The molecular formula is C20H21BrCl2N2O2. The molecule has 7 heteroatoms. The molecule has 2 aromatic rings. The molecule has 1 aliphatic heterocycles. The van der Waals surface area contributed by atoms with Crippen LogP contribution in [0.25, 0.3) is 0 Å². The van der Waals surface area contributed by atoms with E-state index in [4.69, 9.17) is 27.9 Å². The van der Waals surface area contributed by atoms with Crippen LogP contribution in [-0.4, -0.2) is 43.1 Å². The molecule has 1 aliphatic rings. The molecule has 2 aromatic carbocycles. The Morgan fingerprint density at radius 1 is 1.15 bits per heavy atom. The quantitative estimate of drug-likeness (QED) is 0.642. The molecule has 0 aliphatic carbocycles. The second kappa shape index (κ2) is 9.78. The Morgan fingerprint density at radius 3 is 2.63 bits per heavy atom. The largest absolute Gasteiger partial charge is 0.490 e. The predicted octanol–water partition coefficient (Wildman–Crippen LogP) is 5.03. The average Bonchev–Trinajstić information content (AvgIpc) is 2.66. The highest BCUT2D eigenvalue weighted by Crippen LogP contribution is 2.28. The minimum Gasteiger partial charge on any atom is -0.490 e.